The molecule has 0 aromatic heterocycles. The molecule has 0 atom stereocenters. The number of amides is 1. The standard InChI is InChI=1S/C35H49NO2SSi/c1-25(2)40(26(3)4,27(5)6)39-24-10-11-28-12-14-29(15-13-28)30-16-18-31(19-17-30)32-20-22-33(23-21-32)36-34(37)38-35(7,8)9/h12-23,25-27H,10-11,24H2,1-9H3,(H,36,37). The van der Waals surface area contributed by atoms with Crippen molar-refractivity contribution in [1.82, 2.24) is 0 Å². The highest BCUT2D eigenvalue weighted by atomic mass is 32.4. The second-order valence-electron chi connectivity index (χ2n) is 12.7. The van der Waals surface area contributed by atoms with Crippen molar-refractivity contribution in [2.75, 3.05) is 11.1 Å². The molecule has 0 unspecified atom stereocenters. The van der Waals surface area contributed by atoms with E-state index in [0.29, 0.717) is 0 Å². The summed E-state index contributed by atoms with van der Waals surface area (Å²) in [6.07, 6.45) is 1.94. The van der Waals surface area contributed by atoms with Crippen molar-refractivity contribution in [3.63, 3.8) is 0 Å². The van der Waals surface area contributed by atoms with Gasteiger partial charge < -0.3 is 4.74 Å². The van der Waals surface area contributed by atoms with Crippen molar-refractivity contribution in [3.8, 4) is 22.3 Å². The summed E-state index contributed by atoms with van der Waals surface area (Å²) in [7, 11) is -1.37. The van der Waals surface area contributed by atoms with Gasteiger partial charge in [-0.25, -0.2) is 4.79 Å². The van der Waals surface area contributed by atoms with Crippen LogP contribution in [0.1, 0.15) is 74.3 Å². The molecule has 3 nitrogen and oxygen atoms in total. The highest BCUT2D eigenvalue weighted by molar-refractivity contribution is 8.29. The van der Waals surface area contributed by atoms with Gasteiger partial charge in [0.05, 0.1) is 0 Å². The Labute approximate surface area is 248 Å². The highest BCUT2D eigenvalue weighted by Crippen LogP contribution is 2.49. The number of carbonyl (C=O) groups excluding carboxylic acids is 1. The maximum Gasteiger partial charge on any atom is 0.412 e. The van der Waals surface area contributed by atoms with Crippen LogP contribution in [-0.2, 0) is 11.2 Å². The van der Waals surface area contributed by atoms with Crippen LogP contribution in [0.3, 0.4) is 0 Å². The first-order valence-corrected chi connectivity index (χ1v) is 18.7. The van der Waals surface area contributed by atoms with E-state index in [1.54, 1.807) is 0 Å². The van der Waals surface area contributed by atoms with E-state index in [0.717, 1.165) is 39.9 Å². The van der Waals surface area contributed by atoms with E-state index in [9.17, 15) is 4.79 Å². The summed E-state index contributed by atoms with van der Waals surface area (Å²) < 4.78 is 5.33. The molecule has 3 rings (SSSR count). The average Bonchev–Trinajstić information content (AvgIpc) is 2.88. The third-order valence-electron chi connectivity index (χ3n) is 7.70. The van der Waals surface area contributed by atoms with E-state index in [4.69, 9.17) is 4.74 Å². The van der Waals surface area contributed by atoms with Crippen LogP contribution in [0.15, 0.2) is 72.8 Å². The number of hydrogen-bond acceptors (Lipinski definition) is 3. The van der Waals surface area contributed by atoms with Crippen LogP contribution in [0, 0.1) is 0 Å². The van der Waals surface area contributed by atoms with Gasteiger partial charge in [-0.2, -0.15) is 11.2 Å². The summed E-state index contributed by atoms with van der Waals surface area (Å²) in [5, 5.41) is 2.79. The maximum atomic E-state index is 12.0. The van der Waals surface area contributed by atoms with Crippen molar-refractivity contribution in [3.05, 3.63) is 78.4 Å². The molecule has 0 bridgehead atoms. The lowest BCUT2D eigenvalue weighted by molar-refractivity contribution is 0.0636. The van der Waals surface area contributed by atoms with Crippen LogP contribution in [0.2, 0.25) is 16.6 Å². The number of nitrogens with one attached hydrogen (secondary N) is 1. The lowest BCUT2D eigenvalue weighted by atomic mass is 9.99. The van der Waals surface area contributed by atoms with Gasteiger partial charge in [-0.3, -0.25) is 5.32 Å². The fourth-order valence-electron chi connectivity index (χ4n) is 5.91. The molecule has 5 heteroatoms. The number of ether oxygens (including phenoxy) is 1. The van der Waals surface area contributed by atoms with Gasteiger partial charge in [0, 0.05) is 5.69 Å². The summed E-state index contributed by atoms with van der Waals surface area (Å²) in [6.45, 7) is 20.3. The van der Waals surface area contributed by atoms with Crippen LogP contribution < -0.4 is 5.32 Å². The summed E-state index contributed by atoms with van der Waals surface area (Å²) in [4.78, 5) is 12.0. The number of rotatable bonds is 11. The van der Waals surface area contributed by atoms with Crippen molar-refractivity contribution in [1.29, 1.82) is 0 Å². The van der Waals surface area contributed by atoms with E-state index >= 15 is 0 Å². The van der Waals surface area contributed by atoms with E-state index in [2.05, 4.69) is 107 Å². The molecule has 0 heterocycles. The van der Waals surface area contributed by atoms with Gasteiger partial charge in [0.2, 0.25) is 0 Å². The monoisotopic (exact) mass is 575 g/mol. The predicted octanol–water partition coefficient (Wildman–Crippen LogP) is 11.2. The SMILES string of the molecule is CC(C)[Si](SCCCc1ccc(-c2ccc(-c3ccc(NC(=O)OC(C)(C)C)cc3)cc2)cc1)(C(C)C)C(C)C. The molecule has 0 aliphatic carbocycles. The molecule has 3 aromatic carbocycles. The molecule has 0 aliphatic rings. The zero-order chi connectivity index (χ0) is 29.5. The summed E-state index contributed by atoms with van der Waals surface area (Å²) in [5.41, 5.74) is 8.76. The van der Waals surface area contributed by atoms with Gasteiger partial charge >= 0.3 is 6.09 Å². The summed E-state index contributed by atoms with van der Waals surface area (Å²) >= 11 is 2.33. The Morgan fingerprint density at radius 3 is 1.52 bits per heavy atom. The zero-order valence-corrected chi connectivity index (χ0v) is 27.8. The van der Waals surface area contributed by atoms with E-state index < -0.39 is 18.9 Å². The van der Waals surface area contributed by atoms with Crippen molar-refractivity contribution in [2.24, 2.45) is 0 Å². The molecule has 0 saturated carbocycles. The van der Waals surface area contributed by atoms with Gasteiger partial charge in [0.15, 0.2) is 0 Å². The highest BCUT2D eigenvalue weighted by Gasteiger charge is 2.43. The Kier molecular flexibility index (Phi) is 11.1. The summed E-state index contributed by atoms with van der Waals surface area (Å²) in [5.74, 6) is 1.27. The second-order valence-corrected chi connectivity index (χ2v) is 21.6. The minimum absolute atomic E-state index is 0.443. The summed E-state index contributed by atoms with van der Waals surface area (Å²) in [6, 6.07) is 25.6. The fraction of sp³-hybridized carbons (Fsp3) is 0.457. The van der Waals surface area contributed by atoms with E-state index in [-0.39, 0.29) is 0 Å². The molecule has 3 aromatic rings. The van der Waals surface area contributed by atoms with E-state index in [1.165, 1.54) is 28.9 Å². The van der Waals surface area contributed by atoms with Crippen molar-refractivity contribution < 1.29 is 9.53 Å². The Bertz CT molecular complexity index is 1190. The molecule has 0 fully saturated rings. The number of carbonyl (C=O) groups is 1. The molecule has 1 amide bonds. The third-order valence-corrected chi connectivity index (χ3v) is 20.5. The molecular weight excluding hydrogens is 527 g/mol. The van der Waals surface area contributed by atoms with E-state index in [1.807, 2.05) is 45.0 Å². The molecular formula is C35H49NO2SSi. The Hall–Kier alpha value is -2.50. The van der Waals surface area contributed by atoms with Gasteiger partial charge in [-0.05, 0) is 95.9 Å². The normalized spacial score (nSPS) is 12.3. The van der Waals surface area contributed by atoms with Crippen molar-refractivity contribution >= 4 is 30.2 Å². The zero-order valence-electron chi connectivity index (χ0n) is 26.0. The smallest absolute Gasteiger partial charge is 0.412 e. The first kappa shape index (κ1) is 32.0. The van der Waals surface area contributed by atoms with Gasteiger partial charge in [-0.1, -0.05) is 102 Å². The molecule has 0 aliphatic heterocycles. The minimum Gasteiger partial charge on any atom is -0.444 e. The molecule has 1 N–H and O–H groups in total. The third kappa shape index (κ3) is 8.50. The van der Waals surface area contributed by atoms with Gasteiger partial charge in [0.25, 0.3) is 0 Å². The average molecular weight is 576 g/mol. The maximum absolute atomic E-state index is 12.0. The Balaban J connectivity index is 1.55. The first-order chi connectivity index (χ1) is 18.8. The topological polar surface area (TPSA) is 38.3 Å². The number of anilines is 1. The van der Waals surface area contributed by atoms with Crippen LogP contribution in [-0.4, -0.2) is 24.7 Å². The van der Waals surface area contributed by atoms with Crippen molar-refractivity contribution in [2.45, 2.75) is 97.4 Å². The van der Waals surface area contributed by atoms with Crippen LogP contribution in [0.25, 0.3) is 22.3 Å². The van der Waals surface area contributed by atoms with Crippen LogP contribution >= 0.6 is 11.2 Å². The fourth-order valence-corrected chi connectivity index (χ4v) is 16.0. The van der Waals surface area contributed by atoms with Crippen LogP contribution in [0.5, 0.6) is 0 Å². The molecule has 0 saturated heterocycles. The molecule has 0 radical (unpaired) electrons. The number of aryl methyl sites for hydroxylation is 1. The number of benzene rings is 3. The second kappa shape index (κ2) is 13.9. The molecule has 40 heavy (non-hydrogen) atoms. The van der Waals surface area contributed by atoms with Crippen LogP contribution in [0.4, 0.5) is 10.5 Å². The lowest BCUT2D eigenvalue weighted by Crippen LogP contribution is -2.41. The lowest BCUT2D eigenvalue weighted by Gasteiger charge is -2.42. The quantitative estimate of drug-likeness (QED) is 0.182. The predicted molar refractivity (Wildman–Crippen MR) is 179 cm³/mol. The number of hydrogen-bond donors (Lipinski definition) is 1. The Morgan fingerprint density at radius 1 is 0.725 bits per heavy atom. The van der Waals surface area contributed by atoms with Gasteiger partial charge in [0.1, 0.15) is 12.8 Å². The first-order valence-electron chi connectivity index (χ1n) is 14.8. The Morgan fingerprint density at radius 2 is 1.12 bits per heavy atom. The molecule has 216 valence electrons. The molecule has 0 spiro atoms. The van der Waals surface area contributed by atoms with Gasteiger partial charge in [-0.15, -0.1) is 0 Å². The minimum atomic E-state index is -1.37. The largest absolute Gasteiger partial charge is 0.444 e.